The second-order valence-electron chi connectivity index (χ2n) is 7.05. The Morgan fingerprint density at radius 3 is 2.80 bits per heavy atom. The number of hydrogen-bond acceptors (Lipinski definition) is 3. The third kappa shape index (κ3) is 3.82. The highest BCUT2D eigenvalue weighted by atomic mass is 19.1. The lowest BCUT2D eigenvalue weighted by molar-refractivity contribution is 0.137. The van der Waals surface area contributed by atoms with Gasteiger partial charge in [-0.15, -0.1) is 0 Å². The van der Waals surface area contributed by atoms with Crippen molar-refractivity contribution >= 4 is 10.9 Å². The minimum atomic E-state index is -0.566. The molecule has 0 aliphatic carbocycles. The molecule has 25 heavy (non-hydrogen) atoms. The molecule has 1 atom stereocenters. The Labute approximate surface area is 146 Å². The fourth-order valence-corrected chi connectivity index (χ4v) is 3.38. The quantitative estimate of drug-likeness (QED) is 0.712. The Hall–Kier alpha value is -2.40. The lowest BCUT2D eigenvalue weighted by Crippen LogP contribution is -2.26. The van der Waals surface area contributed by atoms with Crippen LogP contribution in [0.4, 0.5) is 4.39 Å². The topological polar surface area (TPSA) is 58.1 Å². The molecule has 2 heterocycles. The minimum absolute atomic E-state index is 0.304. The molecular formula is C20H23FN2O2. The van der Waals surface area contributed by atoms with E-state index in [1.54, 1.807) is 25.6 Å². The number of benzene rings is 1. The molecule has 3 aromatic rings. The first-order valence-electron chi connectivity index (χ1n) is 8.33. The van der Waals surface area contributed by atoms with Gasteiger partial charge < -0.3 is 14.8 Å². The first-order valence-corrected chi connectivity index (χ1v) is 8.33. The molecule has 2 N–H and O–H groups in total. The number of methoxy groups -OCH3 is 1. The van der Waals surface area contributed by atoms with E-state index in [1.165, 1.54) is 12.1 Å². The van der Waals surface area contributed by atoms with Crippen molar-refractivity contribution < 1.29 is 14.2 Å². The third-order valence-electron chi connectivity index (χ3n) is 4.57. The predicted molar refractivity (Wildman–Crippen MR) is 96.4 cm³/mol. The number of fused-ring (bicyclic) bond motifs is 1. The minimum Gasteiger partial charge on any atom is -0.496 e. The number of pyridine rings is 1. The summed E-state index contributed by atoms with van der Waals surface area (Å²) < 4.78 is 19.1. The summed E-state index contributed by atoms with van der Waals surface area (Å²) in [6.45, 7) is 3.98. The maximum absolute atomic E-state index is 13.7. The smallest absolute Gasteiger partial charge is 0.123 e. The largest absolute Gasteiger partial charge is 0.496 e. The second kappa shape index (κ2) is 6.84. The van der Waals surface area contributed by atoms with Gasteiger partial charge in [0.2, 0.25) is 0 Å². The molecule has 0 fully saturated rings. The van der Waals surface area contributed by atoms with Crippen molar-refractivity contribution in [2.24, 2.45) is 0 Å². The van der Waals surface area contributed by atoms with Gasteiger partial charge in [-0.25, -0.2) is 4.39 Å². The van der Waals surface area contributed by atoms with Crippen LogP contribution in [0.25, 0.3) is 10.9 Å². The molecule has 1 aromatic carbocycles. The third-order valence-corrected chi connectivity index (χ3v) is 4.57. The lowest BCUT2D eigenvalue weighted by Gasteiger charge is -2.29. The van der Waals surface area contributed by atoms with Crippen LogP contribution in [-0.2, 0) is 11.8 Å². The zero-order chi connectivity index (χ0) is 18.0. The normalized spacial score (nSPS) is 13.2. The van der Waals surface area contributed by atoms with Crippen LogP contribution in [0.1, 0.15) is 31.5 Å². The predicted octanol–water partition coefficient (Wildman–Crippen LogP) is 3.98. The molecule has 5 heteroatoms. The summed E-state index contributed by atoms with van der Waals surface area (Å²) in [5.41, 5.74) is 2.24. The highest BCUT2D eigenvalue weighted by molar-refractivity contribution is 5.79. The molecule has 3 rings (SSSR count). The van der Waals surface area contributed by atoms with Gasteiger partial charge in [-0.05, 0) is 42.2 Å². The van der Waals surface area contributed by atoms with Crippen molar-refractivity contribution in [3.8, 4) is 5.75 Å². The summed E-state index contributed by atoms with van der Waals surface area (Å²) in [6.07, 6.45) is 3.93. The van der Waals surface area contributed by atoms with Crippen LogP contribution in [0.5, 0.6) is 5.75 Å². The molecule has 0 aliphatic rings. The van der Waals surface area contributed by atoms with Gasteiger partial charge >= 0.3 is 0 Å². The van der Waals surface area contributed by atoms with Crippen LogP contribution in [0.3, 0.4) is 0 Å². The van der Waals surface area contributed by atoms with E-state index >= 15 is 0 Å². The fraction of sp³-hybridized carbons (Fsp3) is 0.350. The van der Waals surface area contributed by atoms with Gasteiger partial charge in [0.05, 0.1) is 24.9 Å². The van der Waals surface area contributed by atoms with Gasteiger partial charge in [0.1, 0.15) is 11.6 Å². The standard InChI is InChI=1S/C20H23FN2O2/c1-20(2,17-9-14(21)4-5-19(17)25-3)11-16(24)10-15-8-13-6-7-22-12-18(13)23-15/h4-9,12,16,23-24H,10-11H2,1-3H3/t16-/m0/s1. The Balaban J connectivity index is 1.77. The number of aliphatic hydroxyl groups is 1. The molecular weight excluding hydrogens is 319 g/mol. The number of aliphatic hydroxyl groups excluding tert-OH is 1. The summed E-state index contributed by atoms with van der Waals surface area (Å²) in [7, 11) is 1.57. The van der Waals surface area contributed by atoms with E-state index in [0.29, 0.717) is 18.6 Å². The second-order valence-corrected chi connectivity index (χ2v) is 7.05. The summed E-state index contributed by atoms with van der Waals surface area (Å²) in [5.74, 6) is 0.330. The number of rotatable bonds is 6. The number of H-pyrrole nitrogens is 1. The maximum atomic E-state index is 13.7. The first kappa shape index (κ1) is 17.4. The molecule has 132 valence electrons. The number of ether oxygens (including phenoxy) is 1. The van der Waals surface area contributed by atoms with E-state index < -0.39 is 11.5 Å². The van der Waals surface area contributed by atoms with Crippen LogP contribution in [0.2, 0.25) is 0 Å². The maximum Gasteiger partial charge on any atom is 0.123 e. The lowest BCUT2D eigenvalue weighted by atomic mass is 9.78. The Morgan fingerprint density at radius 1 is 1.28 bits per heavy atom. The monoisotopic (exact) mass is 342 g/mol. The summed E-state index contributed by atoms with van der Waals surface area (Å²) in [6, 6.07) is 8.45. The molecule has 0 aliphatic heterocycles. The van der Waals surface area contributed by atoms with Crippen molar-refractivity contribution in [3.05, 3.63) is 59.8 Å². The first-order chi connectivity index (χ1) is 11.9. The number of hydrogen-bond donors (Lipinski definition) is 2. The highest BCUT2D eigenvalue weighted by Gasteiger charge is 2.28. The highest BCUT2D eigenvalue weighted by Crippen LogP contribution is 2.36. The number of nitrogens with one attached hydrogen (secondary N) is 1. The van der Waals surface area contributed by atoms with Crippen LogP contribution in [0, 0.1) is 5.82 Å². The molecule has 0 amide bonds. The molecule has 2 aromatic heterocycles. The van der Waals surface area contributed by atoms with Gasteiger partial charge in [0, 0.05) is 29.3 Å². The van der Waals surface area contributed by atoms with Gasteiger partial charge in [-0.3, -0.25) is 4.98 Å². The van der Waals surface area contributed by atoms with E-state index in [-0.39, 0.29) is 5.82 Å². The molecule has 0 saturated heterocycles. The Bertz CT molecular complexity index is 840. The number of aromatic amines is 1. The van der Waals surface area contributed by atoms with Gasteiger partial charge in [0.15, 0.2) is 0 Å². The van der Waals surface area contributed by atoms with Crippen molar-refractivity contribution in [1.82, 2.24) is 9.97 Å². The van der Waals surface area contributed by atoms with Gasteiger partial charge in [-0.1, -0.05) is 13.8 Å². The Morgan fingerprint density at radius 2 is 2.08 bits per heavy atom. The van der Waals surface area contributed by atoms with Gasteiger partial charge in [-0.2, -0.15) is 0 Å². The van der Waals surface area contributed by atoms with Crippen molar-refractivity contribution in [2.45, 2.75) is 38.2 Å². The van der Waals surface area contributed by atoms with E-state index in [2.05, 4.69) is 9.97 Å². The van der Waals surface area contributed by atoms with Crippen LogP contribution < -0.4 is 4.74 Å². The zero-order valence-corrected chi connectivity index (χ0v) is 14.7. The number of halogens is 1. The van der Waals surface area contributed by atoms with E-state index in [1.807, 2.05) is 26.0 Å². The summed E-state index contributed by atoms with van der Waals surface area (Å²) >= 11 is 0. The van der Waals surface area contributed by atoms with E-state index in [4.69, 9.17) is 4.74 Å². The molecule has 0 bridgehead atoms. The SMILES string of the molecule is COc1ccc(F)cc1C(C)(C)C[C@@H](O)Cc1cc2ccncc2[nH]1. The van der Waals surface area contributed by atoms with Gasteiger partial charge in [0.25, 0.3) is 0 Å². The molecule has 4 nitrogen and oxygen atoms in total. The number of nitrogens with zero attached hydrogens (tertiary/aromatic N) is 1. The van der Waals surface area contributed by atoms with E-state index in [0.717, 1.165) is 22.2 Å². The average molecular weight is 342 g/mol. The average Bonchev–Trinajstić information content (AvgIpc) is 2.96. The van der Waals surface area contributed by atoms with E-state index in [9.17, 15) is 9.50 Å². The molecule has 0 unspecified atom stereocenters. The zero-order valence-electron chi connectivity index (χ0n) is 14.7. The molecule has 0 spiro atoms. The number of aromatic nitrogens is 2. The summed E-state index contributed by atoms with van der Waals surface area (Å²) in [5, 5.41) is 11.7. The van der Waals surface area contributed by atoms with Crippen LogP contribution >= 0.6 is 0 Å². The van der Waals surface area contributed by atoms with Crippen molar-refractivity contribution in [1.29, 1.82) is 0 Å². The van der Waals surface area contributed by atoms with Crippen LogP contribution in [0.15, 0.2) is 42.7 Å². The van der Waals surface area contributed by atoms with Crippen molar-refractivity contribution in [3.63, 3.8) is 0 Å². The fourth-order valence-electron chi connectivity index (χ4n) is 3.38. The van der Waals surface area contributed by atoms with Crippen LogP contribution in [-0.4, -0.2) is 28.3 Å². The molecule has 0 radical (unpaired) electrons. The Kier molecular flexibility index (Phi) is 4.77. The molecule has 0 saturated carbocycles. The summed E-state index contributed by atoms with van der Waals surface area (Å²) in [4.78, 5) is 7.37. The van der Waals surface area contributed by atoms with Crippen molar-refractivity contribution in [2.75, 3.05) is 7.11 Å².